The van der Waals surface area contributed by atoms with E-state index in [-0.39, 0.29) is 21.9 Å². The zero-order valence-electron chi connectivity index (χ0n) is 24.8. The van der Waals surface area contributed by atoms with Gasteiger partial charge in [0.15, 0.2) is 5.13 Å². The molecule has 46 heavy (non-hydrogen) atoms. The van der Waals surface area contributed by atoms with Crippen molar-refractivity contribution in [3.05, 3.63) is 71.0 Å². The first-order valence-electron chi connectivity index (χ1n) is 14.1. The van der Waals surface area contributed by atoms with Crippen LogP contribution in [0.5, 0.6) is 0 Å². The van der Waals surface area contributed by atoms with Crippen LogP contribution in [0.1, 0.15) is 48.8 Å². The Morgan fingerprint density at radius 1 is 1.09 bits per heavy atom. The molecule has 1 aliphatic heterocycles. The van der Waals surface area contributed by atoms with Gasteiger partial charge >= 0.3 is 13.3 Å². The third-order valence-corrected chi connectivity index (χ3v) is 10.6. The number of hydrogen-bond acceptors (Lipinski definition) is 7. The highest BCUT2D eigenvalue weighted by Gasteiger charge is 2.50. The minimum Gasteiger partial charge on any atom is -0.339 e. The van der Waals surface area contributed by atoms with E-state index in [4.69, 9.17) is 9.79 Å². The first kappa shape index (κ1) is 33.7. The zero-order chi connectivity index (χ0) is 33.6. The highest BCUT2D eigenvalue weighted by Crippen LogP contribution is 2.59. The van der Waals surface area contributed by atoms with Crippen LogP contribution in [0.15, 0.2) is 54.7 Å². The number of fused-ring (bicyclic) bond motifs is 1. The van der Waals surface area contributed by atoms with E-state index in [0.717, 1.165) is 34.8 Å². The van der Waals surface area contributed by atoms with Gasteiger partial charge < -0.3 is 25.3 Å². The van der Waals surface area contributed by atoms with Gasteiger partial charge in [0.1, 0.15) is 17.9 Å². The van der Waals surface area contributed by atoms with E-state index in [1.54, 1.807) is 32.9 Å². The molecule has 0 bridgehead atoms. The Balaban J connectivity index is 1.31. The molecular weight excluding hydrogens is 664 g/mol. The lowest BCUT2D eigenvalue weighted by Crippen LogP contribution is -2.57. The SMILES string of the molecule is CC(C)(C)C(NC(=O)c1cc2cc(C(F)(F)P(=O)(O)O)ccc2s1)C(=O)N1CCC[C@H]1C(=O)Nc1ncc(-c2cccc(F)c2)s1. The van der Waals surface area contributed by atoms with E-state index >= 15 is 0 Å². The van der Waals surface area contributed by atoms with Crippen LogP contribution in [0.4, 0.5) is 18.3 Å². The summed E-state index contributed by atoms with van der Waals surface area (Å²) in [5, 5.41) is 5.97. The van der Waals surface area contributed by atoms with Gasteiger partial charge in [0.05, 0.1) is 9.75 Å². The van der Waals surface area contributed by atoms with Crippen LogP contribution in [0.3, 0.4) is 0 Å². The van der Waals surface area contributed by atoms with Gasteiger partial charge in [0.25, 0.3) is 5.91 Å². The van der Waals surface area contributed by atoms with Crippen molar-refractivity contribution < 1.29 is 41.9 Å². The summed E-state index contributed by atoms with van der Waals surface area (Å²) in [6, 6.07) is 8.48. The molecule has 2 aromatic carbocycles. The van der Waals surface area contributed by atoms with E-state index in [9.17, 15) is 32.1 Å². The normalized spacial score (nSPS) is 16.4. The van der Waals surface area contributed by atoms with Crippen molar-refractivity contribution in [2.24, 2.45) is 5.41 Å². The van der Waals surface area contributed by atoms with Crippen molar-refractivity contribution in [1.29, 1.82) is 0 Å². The van der Waals surface area contributed by atoms with Gasteiger partial charge in [-0.3, -0.25) is 18.9 Å². The largest absolute Gasteiger partial charge is 0.399 e. The van der Waals surface area contributed by atoms with Gasteiger partial charge in [-0.1, -0.05) is 50.3 Å². The number of halogens is 3. The third-order valence-electron chi connectivity index (χ3n) is 7.53. The summed E-state index contributed by atoms with van der Waals surface area (Å²) in [7, 11) is -5.78. The third kappa shape index (κ3) is 6.88. The van der Waals surface area contributed by atoms with Gasteiger partial charge in [0.2, 0.25) is 11.8 Å². The zero-order valence-corrected chi connectivity index (χ0v) is 27.3. The number of thiophene rings is 1. The van der Waals surface area contributed by atoms with Crippen molar-refractivity contribution in [2.75, 3.05) is 11.9 Å². The molecule has 0 spiro atoms. The maximum absolute atomic E-state index is 14.3. The first-order chi connectivity index (χ1) is 21.5. The van der Waals surface area contributed by atoms with Crippen LogP contribution >= 0.6 is 30.3 Å². The van der Waals surface area contributed by atoms with E-state index < -0.39 is 59.9 Å². The standard InChI is InChI=1S/C30H30F3N4O6PS2/c1-29(2,3)24(35-26(39)22-14-17-12-18(9-10-21(17)45-22)30(32,33)44(41,42)43)27(40)37-11-5-8-20(37)25(38)36-28-34-15-23(46-28)16-6-4-7-19(31)13-16/h4,6-7,9-10,12-15,20,24H,5,8,11H2,1-3H3,(H,35,39)(H,34,36,38)(H2,41,42,43)/t20-,24?/m0/s1. The maximum Gasteiger partial charge on any atom is 0.399 e. The maximum atomic E-state index is 14.3. The van der Waals surface area contributed by atoms with Gasteiger partial charge in [-0.25, -0.2) is 9.37 Å². The molecule has 1 fully saturated rings. The Kier molecular flexibility index (Phi) is 9.19. The van der Waals surface area contributed by atoms with E-state index in [0.29, 0.717) is 28.0 Å². The second-order valence-corrected chi connectivity index (χ2v) is 15.7. The molecule has 2 aromatic heterocycles. The van der Waals surface area contributed by atoms with Crippen LogP contribution in [0, 0.1) is 11.2 Å². The summed E-state index contributed by atoms with van der Waals surface area (Å²) in [4.78, 5) is 65.2. The molecular formula is C30H30F3N4O6PS2. The Labute approximate surface area is 269 Å². The molecule has 2 atom stereocenters. The number of carbonyl (C=O) groups is 3. The number of aromatic nitrogens is 1. The van der Waals surface area contributed by atoms with Gasteiger partial charge in [-0.2, -0.15) is 8.78 Å². The lowest BCUT2D eigenvalue weighted by atomic mass is 9.85. The topological polar surface area (TPSA) is 149 Å². The summed E-state index contributed by atoms with van der Waals surface area (Å²) in [5.74, 6) is -1.97. The predicted molar refractivity (Wildman–Crippen MR) is 169 cm³/mol. The average molecular weight is 695 g/mol. The summed E-state index contributed by atoms with van der Waals surface area (Å²) in [6.45, 7) is 5.55. The summed E-state index contributed by atoms with van der Waals surface area (Å²) >= 11 is 2.13. The Bertz CT molecular complexity index is 1870. The van der Waals surface area contributed by atoms with Crippen LogP contribution in [-0.2, 0) is 19.8 Å². The number of carbonyl (C=O) groups excluding carboxylic acids is 3. The molecule has 3 heterocycles. The predicted octanol–water partition coefficient (Wildman–Crippen LogP) is 6.17. The fourth-order valence-corrected chi connectivity index (χ4v) is 7.36. The molecule has 0 saturated carbocycles. The van der Waals surface area contributed by atoms with Gasteiger partial charge in [0, 0.05) is 23.0 Å². The molecule has 1 unspecified atom stereocenters. The number of alkyl halides is 2. The van der Waals surface area contributed by atoms with Crippen molar-refractivity contribution in [2.45, 2.75) is 51.4 Å². The van der Waals surface area contributed by atoms with E-state index in [2.05, 4.69) is 15.6 Å². The number of likely N-dealkylation sites (tertiary alicyclic amines) is 1. The number of nitrogens with zero attached hydrogens (tertiary/aromatic N) is 2. The number of anilines is 1. The fraction of sp³-hybridized carbons (Fsp3) is 0.333. The quantitative estimate of drug-likeness (QED) is 0.161. The smallest absolute Gasteiger partial charge is 0.339 e. The molecule has 1 aliphatic rings. The molecule has 10 nitrogen and oxygen atoms in total. The number of amides is 3. The molecule has 5 rings (SSSR count). The lowest BCUT2D eigenvalue weighted by Gasteiger charge is -2.35. The van der Waals surface area contributed by atoms with Crippen molar-refractivity contribution in [3.8, 4) is 10.4 Å². The minimum absolute atomic E-state index is 0.0993. The van der Waals surface area contributed by atoms with Crippen LogP contribution in [0.25, 0.3) is 20.5 Å². The molecule has 3 amide bonds. The Morgan fingerprint density at radius 3 is 2.50 bits per heavy atom. The highest BCUT2D eigenvalue weighted by atomic mass is 32.1. The number of thiazole rings is 1. The van der Waals surface area contributed by atoms with E-state index in [1.165, 1.54) is 35.4 Å². The summed E-state index contributed by atoms with van der Waals surface area (Å²) in [6.07, 6.45) is 2.47. The molecule has 4 N–H and O–H groups in total. The van der Waals surface area contributed by atoms with Gasteiger partial charge in [-0.05, 0) is 59.5 Å². The van der Waals surface area contributed by atoms with Crippen LogP contribution in [0.2, 0.25) is 0 Å². The van der Waals surface area contributed by atoms with Crippen molar-refractivity contribution in [1.82, 2.24) is 15.2 Å². The monoisotopic (exact) mass is 694 g/mol. The first-order valence-corrected chi connectivity index (χ1v) is 17.3. The Morgan fingerprint density at radius 2 is 1.83 bits per heavy atom. The summed E-state index contributed by atoms with van der Waals surface area (Å²) in [5.41, 5.74) is -5.47. The minimum atomic E-state index is -5.78. The van der Waals surface area contributed by atoms with Gasteiger partial charge in [-0.15, -0.1) is 11.3 Å². The van der Waals surface area contributed by atoms with Crippen LogP contribution < -0.4 is 10.6 Å². The molecule has 244 valence electrons. The van der Waals surface area contributed by atoms with E-state index in [1.807, 2.05) is 0 Å². The second-order valence-electron chi connectivity index (χ2n) is 11.9. The van der Waals surface area contributed by atoms with Crippen molar-refractivity contribution in [3.63, 3.8) is 0 Å². The number of benzene rings is 2. The number of nitrogens with one attached hydrogen (secondary N) is 2. The molecule has 16 heteroatoms. The molecule has 0 radical (unpaired) electrons. The van der Waals surface area contributed by atoms with Crippen LogP contribution in [-0.4, -0.2) is 56.0 Å². The number of hydrogen-bond donors (Lipinski definition) is 4. The summed E-state index contributed by atoms with van der Waals surface area (Å²) < 4.78 is 53.9. The Hall–Kier alpha value is -3.62. The average Bonchev–Trinajstić information content (AvgIpc) is 3.73. The second kappa shape index (κ2) is 12.5. The highest BCUT2D eigenvalue weighted by molar-refractivity contribution is 7.52. The molecule has 1 saturated heterocycles. The molecule has 0 aliphatic carbocycles. The van der Waals surface area contributed by atoms with Crippen molar-refractivity contribution >= 4 is 63.2 Å². The lowest BCUT2D eigenvalue weighted by molar-refractivity contribution is -0.140. The fourth-order valence-electron chi connectivity index (χ4n) is 5.13. The molecule has 4 aromatic rings. The number of rotatable bonds is 8.